The van der Waals surface area contributed by atoms with Crippen LogP contribution in [0.4, 0.5) is 0 Å². The van der Waals surface area contributed by atoms with Gasteiger partial charge in [-0.2, -0.15) is 5.10 Å². The highest BCUT2D eigenvalue weighted by Crippen LogP contribution is 2.16. The number of hydrogen-bond acceptors (Lipinski definition) is 3. The SMILES string of the molecule is CN=C(NCCCCN1CCCCC1C)NC(C)Cc1c(C)nn(C)c1C.I. The van der Waals surface area contributed by atoms with Crippen LogP contribution in [0.5, 0.6) is 0 Å². The molecule has 0 bridgehead atoms. The van der Waals surface area contributed by atoms with Crippen molar-refractivity contribution in [3.8, 4) is 0 Å². The quantitative estimate of drug-likeness (QED) is 0.247. The van der Waals surface area contributed by atoms with Crippen LogP contribution in [0.1, 0.15) is 62.9 Å². The third kappa shape index (κ3) is 7.54. The summed E-state index contributed by atoms with van der Waals surface area (Å²) in [4.78, 5) is 7.03. The van der Waals surface area contributed by atoms with E-state index < -0.39 is 0 Å². The summed E-state index contributed by atoms with van der Waals surface area (Å²) in [6.07, 6.45) is 7.52. The average Bonchev–Trinajstić information content (AvgIpc) is 2.88. The maximum absolute atomic E-state index is 4.52. The molecule has 1 aromatic heterocycles. The lowest BCUT2D eigenvalue weighted by Gasteiger charge is -2.33. The Morgan fingerprint density at radius 3 is 2.64 bits per heavy atom. The smallest absolute Gasteiger partial charge is 0.191 e. The van der Waals surface area contributed by atoms with Gasteiger partial charge in [-0.05, 0) is 78.5 Å². The van der Waals surface area contributed by atoms with E-state index >= 15 is 0 Å². The van der Waals surface area contributed by atoms with Gasteiger partial charge < -0.3 is 15.5 Å². The monoisotopic (exact) mass is 504 g/mol. The van der Waals surface area contributed by atoms with Gasteiger partial charge in [0, 0.05) is 38.4 Å². The second kappa shape index (κ2) is 12.7. The Labute approximate surface area is 189 Å². The van der Waals surface area contributed by atoms with Crippen LogP contribution in [-0.4, -0.2) is 59.4 Å². The molecule has 1 aliphatic rings. The highest BCUT2D eigenvalue weighted by atomic mass is 127. The van der Waals surface area contributed by atoms with Crippen molar-refractivity contribution in [2.24, 2.45) is 12.0 Å². The topological polar surface area (TPSA) is 57.5 Å². The molecule has 0 saturated carbocycles. The minimum absolute atomic E-state index is 0. The summed E-state index contributed by atoms with van der Waals surface area (Å²) in [5.74, 6) is 0.896. The van der Waals surface area contributed by atoms with Crippen LogP contribution < -0.4 is 10.6 Å². The number of aryl methyl sites for hydroxylation is 2. The van der Waals surface area contributed by atoms with Gasteiger partial charge in [0.15, 0.2) is 5.96 Å². The first-order chi connectivity index (χ1) is 12.9. The first-order valence-corrected chi connectivity index (χ1v) is 10.6. The van der Waals surface area contributed by atoms with Crippen molar-refractivity contribution >= 4 is 29.9 Å². The van der Waals surface area contributed by atoms with Gasteiger partial charge in [-0.3, -0.25) is 9.67 Å². The van der Waals surface area contributed by atoms with Crippen LogP contribution in [0, 0.1) is 13.8 Å². The van der Waals surface area contributed by atoms with E-state index in [2.05, 4.69) is 53.3 Å². The van der Waals surface area contributed by atoms with Gasteiger partial charge in [-0.15, -0.1) is 24.0 Å². The predicted molar refractivity (Wildman–Crippen MR) is 130 cm³/mol. The Morgan fingerprint density at radius 2 is 2.04 bits per heavy atom. The zero-order valence-corrected chi connectivity index (χ0v) is 21.0. The third-order valence-electron chi connectivity index (χ3n) is 5.88. The fourth-order valence-electron chi connectivity index (χ4n) is 4.03. The normalized spacial score (nSPS) is 19.2. The molecule has 28 heavy (non-hydrogen) atoms. The molecule has 162 valence electrons. The average molecular weight is 505 g/mol. The van der Waals surface area contributed by atoms with Crippen LogP contribution in [0.2, 0.25) is 0 Å². The first kappa shape index (κ1) is 25.2. The minimum Gasteiger partial charge on any atom is -0.356 e. The van der Waals surface area contributed by atoms with E-state index in [1.165, 1.54) is 56.5 Å². The standard InChI is InChI=1S/C21H40N6.HI/c1-16(15-20-18(3)25-26(6)19(20)4)24-21(22-5)23-12-8-10-14-27-13-9-7-11-17(27)2;/h16-17H,7-15H2,1-6H3,(H2,22,23,24);1H. The van der Waals surface area contributed by atoms with Crippen molar-refractivity contribution in [3.05, 3.63) is 17.0 Å². The Balaban J connectivity index is 0.00000392. The molecule has 1 aromatic rings. The lowest BCUT2D eigenvalue weighted by atomic mass is 10.0. The molecule has 0 aliphatic carbocycles. The summed E-state index contributed by atoms with van der Waals surface area (Å²) in [6.45, 7) is 12.3. The van der Waals surface area contributed by atoms with Crippen LogP contribution in [-0.2, 0) is 13.5 Å². The van der Waals surface area contributed by atoms with E-state index in [4.69, 9.17) is 0 Å². The summed E-state index contributed by atoms with van der Waals surface area (Å²) in [7, 11) is 3.85. The Morgan fingerprint density at radius 1 is 1.29 bits per heavy atom. The number of piperidine rings is 1. The van der Waals surface area contributed by atoms with Gasteiger partial charge in [0.2, 0.25) is 0 Å². The number of likely N-dealkylation sites (tertiary alicyclic amines) is 1. The number of aromatic nitrogens is 2. The Kier molecular flexibility index (Phi) is 11.4. The molecule has 0 aromatic carbocycles. The zero-order chi connectivity index (χ0) is 19.8. The van der Waals surface area contributed by atoms with Gasteiger partial charge in [0.25, 0.3) is 0 Å². The van der Waals surface area contributed by atoms with E-state index in [9.17, 15) is 0 Å². The van der Waals surface area contributed by atoms with Crippen molar-refractivity contribution in [2.75, 3.05) is 26.7 Å². The fourth-order valence-corrected chi connectivity index (χ4v) is 4.03. The van der Waals surface area contributed by atoms with Crippen molar-refractivity contribution in [1.29, 1.82) is 0 Å². The number of rotatable bonds is 8. The van der Waals surface area contributed by atoms with Crippen molar-refractivity contribution in [2.45, 2.75) is 78.3 Å². The number of nitrogens with zero attached hydrogens (tertiary/aromatic N) is 4. The second-order valence-corrected chi connectivity index (χ2v) is 8.11. The number of halogens is 1. The van der Waals surface area contributed by atoms with Gasteiger partial charge >= 0.3 is 0 Å². The summed E-state index contributed by atoms with van der Waals surface area (Å²) >= 11 is 0. The number of unbranched alkanes of at least 4 members (excludes halogenated alkanes) is 1. The number of hydrogen-bond donors (Lipinski definition) is 2. The summed E-state index contributed by atoms with van der Waals surface area (Å²) < 4.78 is 1.97. The van der Waals surface area contributed by atoms with E-state index in [-0.39, 0.29) is 24.0 Å². The van der Waals surface area contributed by atoms with E-state index in [1.807, 2.05) is 18.8 Å². The fraction of sp³-hybridized carbons (Fsp3) is 0.810. The molecule has 0 radical (unpaired) electrons. The molecule has 6 nitrogen and oxygen atoms in total. The molecule has 2 rings (SSSR count). The molecule has 2 heterocycles. The van der Waals surface area contributed by atoms with Gasteiger partial charge in [-0.25, -0.2) is 0 Å². The van der Waals surface area contributed by atoms with Crippen LogP contribution in [0.25, 0.3) is 0 Å². The Bertz CT molecular complexity index is 612. The maximum atomic E-state index is 4.52. The third-order valence-corrected chi connectivity index (χ3v) is 5.88. The maximum Gasteiger partial charge on any atom is 0.191 e. The summed E-state index contributed by atoms with van der Waals surface area (Å²) in [5.41, 5.74) is 3.71. The highest BCUT2D eigenvalue weighted by Gasteiger charge is 2.17. The molecule has 1 fully saturated rings. The van der Waals surface area contributed by atoms with Crippen LogP contribution in [0.15, 0.2) is 4.99 Å². The number of aliphatic imine (C=N–C) groups is 1. The molecule has 0 amide bonds. The van der Waals surface area contributed by atoms with E-state index in [1.54, 1.807) is 0 Å². The lowest BCUT2D eigenvalue weighted by molar-refractivity contribution is 0.158. The molecule has 2 N–H and O–H groups in total. The van der Waals surface area contributed by atoms with E-state index in [0.717, 1.165) is 30.7 Å². The number of nitrogens with one attached hydrogen (secondary N) is 2. The van der Waals surface area contributed by atoms with Crippen LogP contribution in [0.3, 0.4) is 0 Å². The summed E-state index contributed by atoms with van der Waals surface area (Å²) in [5, 5.41) is 11.5. The number of guanidine groups is 1. The van der Waals surface area contributed by atoms with Gasteiger partial charge in [0.05, 0.1) is 5.69 Å². The predicted octanol–water partition coefficient (Wildman–Crippen LogP) is 3.41. The molecule has 7 heteroatoms. The van der Waals surface area contributed by atoms with Gasteiger partial charge in [-0.1, -0.05) is 6.42 Å². The van der Waals surface area contributed by atoms with Crippen LogP contribution >= 0.6 is 24.0 Å². The molecular weight excluding hydrogens is 463 g/mol. The largest absolute Gasteiger partial charge is 0.356 e. The first-order valence-electron chi connectivity index (χ1n) is 10.6. The van der Waals surface area contributed by atoms with E-state index in [0.29, 0.717) is 6.04 Å². The summed E-state index contributed by atoms with van der Waals surface area (Å²) in [6, 6.07) is 1.08. The molecule has 2 atom stereocenters. The molecule has 0 spiro atoms. The molecular formula is C21H41IN6. The molecule has 2 unspecified atom stereocenters. The van der Waals surface area contributed by atoms with Crippen molar-refractivity contribution in [3.63, 3.8) is 0 Å². The lowest BCUT2D eigenvalue weighted by Crippen LogP contribution is -2.43. The van der Waals surface area contributed by atoms with Crippen molar-refractivity contribution < 1.29 is 0 Å². The van der Waals surface area contributed by atoms with Gasteiger partial charge in [0.1, 0.15) is 0 Å². The molecule has 1 aliphatic heterocycles. The van der Waals surface area contributed by atoms with Crippen molar-refractivity contribution in [1.82, 2.24) is 25.3 Å². The Hall–Kier alpha value is -0.830. The molecule has 1 saturated heterocycles. The minimum atomic E-state index is 0. The second-order valence-electron chi connectivity index (χ2n) is 8.11. The zero-order valence-electron chi connectivity index (χ0n) is 18.7. The highest BCUT2D eigenvalue weighted by molar-refractivity contribution is 14.0.